The number of aryl methyl sites for hydroxylation is 1. The third-order valence-corrected chi connectivity index (χ3v) is 7.07. The van der Waals surface area contributed by atoms with Crippen molar-refractivity contribution in [2.24, 2.45) is 0 Å². The Labute approximate surface area is 283 Å². The Kier molecular flexibility index (Phi) is 23.2. The van der Waals surface area contributed by atoms with Crippen molar-refractivity contribution in [3.8, 4) is 0 Å². The van der Waals surface area contributed by atoms with Gasteiger partial charge in [-0.1, -0.05) is 42.0 Å². The Hall–Kier alpha value is 3.93. The molecule has 0 fully saturated rings. The zero-order chi connectivity index (χ0) is 17.5. The molecule has 11 heteroatoms. The van der Waals surface area contributed by atoms with Crippen molar-refractivity contribution < 1.29 is 27.3 Å². The van der Waals surface area contributed by atoms with Gasteiger partial charge >= 0.3 is 162 Å². The first-order valence-electron chi connectivity index (χ1n) is 7.32. The van der Waals surface area contributed by atoms with Crippen LogP contribution in [-0.4, -0.2) is 182 Å². The van der Waals surface area contributed by atoms with Gasteiger partial charge in [-0.3, -0.25) is 9.12 Å². The van der Waals surface area contributed by atoms with Crippen LogP contribution in [0.25, 0.3) is 0 Å². The van der Waals surface area contributed by atoms with E-state index in [0.29, 0.717) is 6.42 Å². The molecule has 0 bridgehead atoms. The summed E-state index contributed by atoms with van der Waals surface area (Å²) in [6.07, 6.45) is 4.21. The van der Waals surface area contributed by atoms with E-state index in [-0.39, 0.29) is 167 Å². The van der Waals surface area contributed by atoms with Crippen molar-refractivity contribution in [3.63, 3.8) is 0 Å². The average Bonchev–Trinajstić information content (AvgIpc) is 2.43. The Bertz CT molecular complexity index is 676. The van der Waals surface area contributed by atoms with Gasteiger partial charge < -0.3 is 9.79 Å². The van der Waals surface area contributed by atoms with Crippen LogP contribution in [0.2, 0.25) is 0 Å². The van der Waals surface area contributed by atoms with E-state index < -0.39 is 22.7 Å². The average molecular weight is 483 g/mol. The van der Waals surface area contributed by atoms with Crippen molar-refractivity contribution in [1.82, 2.24) is 0 Å². The Morgan fingerprint density at radius 2 is 1.69 bits per heavy atom. The number of hydrogen-bond donors (Lipinski definition) is 3. The van der Waals surface area contributed by atoms with Crippen LogP contribution in [0.5, 0.6) is 0 Å². The molecule has 1 aromatic carbocycles. The van der Waals surface area contributed by atoms with Gasteiger partial charge in [-0.05, 0) is 44.6 Å². The standard InChI is InChI=1S/C15H23O6PS.3K.3H/c1-13(11-12-14-8-3-2-4-9-14)7-5-6-10-15(22(16,17)18)23(19,20)21;;;;;;/h2-4,7-9,15H,5-6,10-12H2,1H3,(H2,16,17,18)(H,19,20,21);;;;;;/b13-7-;;;;;;. The van der Waals surface area contributed by atoms with Gasteiger partial charge in [-0.2, -0.15) is 8.42 Å². The molecule has 0 amide bonds. The van der Waals surface area contributed by atoms with E-state index in [1.165, 1.54) is 5.56 Å². The fraction of sp³-hybridized carbons (Fsp3) is 0.467. The number of rotatable bonds is 9. The van der Waals surface area contributed by atoms with Crippen LogP contribution in [0.15, 0.2) is 42.0 Å². The van der Waals surface area contributed by atoms with Gasteiger partial charge in [0.15, 0.2) is 4.99 Å². The Morgan fingerprint density at radius 1 is 1.15 bits per heavy atom. The van der Waals surface area contributed by atoms with Crippen molar-refractivity contribution >= 4 is 172 Å². The van der Waals surface area contributed by atoms with Crippen LogP contribution in [0.3, 0.4) is 0 Å². The van der Waals surface area contributed by atoms with Crippen molar-refractivity contribution in [1.29, 1.82) is 0 Å². The molecule has 0 saturated carbocycles. The van der Waals surface area contributed by atoms with Crippen LogP contribution < -0.4 is 0 Å². The molecule has 6 nitrogen and oxygen atoms in total. The first kappa shape index (κ1) is 34.5. The quantitative estimate of drug-likeness (QED) is 0.160. The molecule has 1 unspecified atom stereocenters. The molecule has 1 atom stereocenters. The van der Waals surface area contributed by atoms with E-state index in [4.69, 9.17) is 14.3 Å². The molecule has 0 saturated heterocycles. The second kappa shape index (κ2) is 17.5. The maximum atomic E-state index is 11.1. The summed E-state index contributed by atoms with van der Waals surface area (Å²) in [4.78, 5) is 15.9. The molecule has 0 aliphatic heterocycles. The van der Waals surface area contributed by atoms with Gasteiger partial charge in [-0.15, -0.1) is 0 Å². The molecular formula is C15H26K3O6PS. The zero-order valence-corrected chi connectivity index (χ0v) is 14.7. The molecule has 1 aromatic rings. The molecule has 136 valence electrons. The molecule has 0 aliphatic rings. The fourth-order valence-corrected chi connectivity index (χ4v) is 4.59. The molecule has 0 heterocycles. The third kappa shape index (κ3) is 15.7. The zero-order valence-electron chi connectivity index (χ0n) is 13.0. The van der Waals surface area contributed by atoms with Gasteiger partial charge in [0.2, 0.25) is 0 Å². The summed E-state index contributed by atoms with van der Waals surface area (Å²) in [5.74, 6) is 0. The van der Waals surface area contributed by atoms with Crippen molar-refractivity contribution in [2.45, 2.75) is 44.0 Å². The number of unbranched alkanes of at least 4 members (excludes halogenated alkanes) is 1. The molecule has 1 rings (SSSR count). The van der Waals surface area contributed by atoms with Crippen LogP contribution in [0.4, 0.5) is 0 Å². The van der Waals surface area contributed by atoms with Crippen molar-refractivity contribution in [2.75, 3.05) is 0 Å². The van der Waals surface area contributed by atoms with E-state index in [1.54, 1.807) is 0 Å². The van der Waals surface area contributed by atoms with E-state index in [2.05, 4.69) is 0 Å². The molecule has 3 N–H and O–H groups in total. The van der Waals surface area contributed by atoms with Crippen LogP contribution in [-0.2, 0) is 21.1 Å². The minimum atomic E-state index is -4.87. The summed E-state index contributed by atoms with van der Waals surface area (Å²) in [6.45, 7) is 1.96. The predicted molar refractivity (Wildman–Crippen MR) is 111 cm³/mol. The van der Waals surface area contributed by atoms with E-state index in [9.17, 15) is 13.0 Å². The van der Waals surface area contributed by atoms with Crippen LogP contribution in [0, 0.1) is 0 Å². The molecule has 0 radical (unpaired) electrons. The Morgan fingerprint density at radius 3 is 2.15 bits per heavy atom. The van der Waals surface area contributed by atoms with Crippen LogP contribution >= 0.6 is 7.60 Å². The van der Waals surface area contributed by atoms with E-state index in [0.717, 1.165) is 18.4 Å². The topological polar surface area (TPSA) is 112 Å². The maximum absolute atomic E-state index is 11.1. The van der Waals surface area contributed by atoms with Crippen molar-refractivity contribution in [3.05, 3.63) is 47.5 Å². The SMILES string of the molecule is C/C(=C/CCCC(P(=O)(O)O)S(=O)(=O)O)CCc1ccccc1.[KH].[KH].[KH]. The minimum absolute atomic E-state index is 0. The summed E-state index contributed by atoms with van der Waals surface area (Å²) in [5.41, 5.74) is 2.36. The van der Waals surface area contributed by atoms with Gasteiger partial charge in [0.25, 0.3) is 10.1 Å². The van der Waals surface area contributed by atoms with Gasteiger partial charge in [0.1, 0.15) is 0 Å². The van der Waals surface area contributed by atoms with Gasteiger partial charge in [0.05, 0.1) is 0 Å². The molecule has 0 spiro atoms. The molecule has 0 aliphatic carbocycles. The van der Waals surface area contributed by atoms with Crippen LogP contribution in [0.1, 0.15) is 38.2 Å². The molecule has 0 aromatic heterocycles. The summed E-state index contributed by atoms with van der Waals surface area (Å²) in [5, 5.41) is 0. The second-order valence-corrected chi connectivity index (χ2v) is 9.28. The normalized spacial score (nSPS) is 13.0. The van der Waals surface area contributed by atoms with Gasteiger partial charge in [0, 0.05) is 0 Å². The first-order chi connectivity index (χ1) is 10.6. The predicted octanol–water partition coefficient (Wildman–Crippen LogP) is 1.18. The molecule has 26 heavy (non-hydrogen) atoms. The van der Waals surface area contributed by atoms with E-state index in [1.807, 2.05) is 43.3 Å². The summed E-state index contributed by atoms with van der Waals surface area (Å²) in [6, 6.07) is 10.0. The molecular weight excluding hydrogens is 456 g/mol. The Balaban J connectivity index is -0.00000176. The number of allylic oxidation sites excluding steroid dienone is 2. The monoisotopic (exact) mass is 482 g/mol. The third-order valence-electron chi connectivity index (χ3n) is 3.52. The number of benzene rings is 1. The summed E-state index contributed by atoms with van der Waals surface area (Å²) in [7, 11) is -9.63. The first-order valence-corrected chi connectivity index (χ1v) is 10.5. The van der Waals surface area contributed by atoms with Gasteiger partial charge in [-0.25, -0.2) is 0 Å². The number of hydrogen-bond acceptors (Lipinski definition) is 3. The second-order valence-electron chi connectivity index (χ2n) is 5.53. The fourth-order valence-electron chi connectivity index (χ4n) is 2.22. The summed E-state index contributed by atoms with van der Waals surface area (Å²) >= 11 is 0. The van der Waals surface area contributed by atoms with E-state index >= 15 is 0 Å². The summed E-state index contributed by atoms with van der Waals surface area (Å²) < 4.78 is 42.0.